The molecule has 0 spiro atoms. The molecule has 5 rings (SSSR count). The van der Waals surface area contributed by atoms with Crippen LogP contribution in [0.4, 0.5) is 0 Å². The van der Waals surface area contributed by atoms with Crippen LogP contribution in [0.2, 0.25) is 0 Å². The first-order chi connectivity index (χ1) is 19.0. The van der Waals surface area contributed by atoms with Crippen LogP contribution in [0, 0.1) is 28.6 Å². The minimum absolute atomic E-state index is 0.0186. The van der Waals surface area contributed by atoms with Crippen molar-refractivity contribution in [2.24, 2.45) is 28.6 Å². The van der Waals surface area contributed by atoms with Crippen LogP contribution in [0.3, 0.4) is 0 Å². The summed E-state index contributed by atoms with van der Waals surface area (Å²) < 4.78 is 5.24. The summed E-state index contributed by atoms with van der Waals surface area (Å²) in [6.07, 6.45) is 9.91. The molecule has 0 aromatic heterocycles. The van der Waals surface area contributed by atoms with Crippen molar-refractivity contribution >= 4 is 29.4 Å². The molecular formula is C31H44N2O7. The second-order valence-electron chi connectivity index (χ2n) is 13.3. The molecule has 2 amide bonds. The van der Waals surface area contributed by atoms with Gasteiger partial charge in [-0.25, -0.2) is 0 Å². The zero-order chi connectivity index (χ0) is 28.7. The molecular weight excluding hydrogens is 512 g/mol. The van der Waals surface area contributed by atoms with Crippen LogP contribution < -0.4 is 10.6 Å². The second-order valence-corrected chi connectivity index (χ2v) is 13.3. The van der Waals surface area contributed by atoms with Crippen molar-refractivity contribution in [1.82, 2.24) is 10.6 Å². The summed E-state index contributed by atoms with van der Waals surface area (Å²) in [5.74, 6) is -0.476. The van der Waals surface area contributed by atoms with E-state index in [-0.39, 0.29) is 35.9 Å². The summed E-state index contributed by atoms with van der Waals surface area (Å²) in [6, 6.07) is -0.594. The Morgan fingerprint density at radius 3 is 2.58 bits per heavy atom. The molecule has 220 valence electrons. The number of ketones is 2. The Morgan fingerprint density at radius 2 is 1.77 bits per heavy atom. The number of hydrogen-bond acceptors (Lipinski definition) is 7. The topological polar surface area (TPSA) is 139 Å². The second kappa shape index (κ2) is 11.0. The van der Waals surface area contributed by atoms with Crippen LogP contribution in [0.15, 0.2) is 11.6 Å². The number of nitrogens with one attached hydrogen (secondary N) is 2. The predicted molar refractivity (Wildman–Crippen MR) is 146 cm³/mol. The van der Waals surface area contributed by atoms with Crippen molar-refractivity contribution in [1.29, 1.82) is 0 Å². The van der Waals surface area contributed by atoms with E-state index in [9.17, 15) is 29.1 Å². The zero-order valence-electron chi connectivity index (χ0n) is 23.9. The normalized spacial score (nSPS) is 39.0. The number of Topliss-reactive ketones (excluding diaryl/α,β-unsaturated/α-hetero) is 1. The number of amides is 2. The van der Waals surface area contributed by atoms with E-state index < -0.39 is 41.3 Å². The van der Waals surface area contributed by atoms with Gasteiger partial charge in [0.25, 0.3) is 0 Å². The molecule has 0 aromatic rings. The van der Waals surface area contributed by atoms with Crippen molar-refractivity contribution < 1.29 is 33.8 Å². The number of carbonyl (C=O) groups is 5. The van der Waals surface area contributed by atoms with E-state index in [2.05, 4.69) is 17.6 Å². The minimum Gasteiger partial charge on any atom is -0.458 e. The summed E-state index contributed by atoms with van der Waals surface area (Å²) in [6.45, 7) is 4.43. The Hall–Kier alpha value is -2.55. The van der Waals surface area contributed by atoms with Gasteiger partial charge in [-0.2, -0.15) is 0 Å². The first-order valence-electron chi connectivity index (χ1n) is 15.2. The van der Waals surface area contributed by atoms with Crippen LogP contribution in [0.1, 0.15) is 97.3 Å². The fourth-order valence-electron chi connectivity index (χ4n) is 8.93. The van der Waals surface area contributed by atoms with Gasteiger partial charge in [-0.05, 0) is 93.5 Å². The molecule has 4 aliphatic carbocycles. The molecule has 1 saturated heterocycles. The Morgan fingerprint density at radius 1 is 1.00 bits per heavy atom. The monoisotopic (exact) mass is 556 g/mol. The molecule has 0 radical (unpaired) electrons. The van der Waals surface area contributed by atoms with Gasteiger partial charge < -0.3 is 20.5 Å². The molecule has 0 bridgehead atoms. The average molecular weight is 557 g/mol. The highest BCUT2D eigenvalue weighted by molar-refractivity contribution is 5.92. The first kappa shape index (κ1) is 29.0. The van der Waals surface area contributed by atoms with Gasteiger partial charge >= 0.3 is 5.97 Å². The highest BCUT2D eigenvalue weighted by Gasteiger charge is 2.66. The summed E-state index contributed by atoms with van der Waals surface area (Å²) in [7, 11) is 0. The molecule has 9 nitrogen and oxygen atoms in total. The molecule has 3 saturated carbocycles. The Labute approximate surface area is 236 Å². The number of esters is 1. The molecule has 5 aliphatic rings. The lowest BCUT2D eigenvalue weighted by atomic mass is 9.46. The van der Waals surface area contributed by atoms with Crippen LogP contribution in [-0.2, 0) is 28.7 Å². The van der Waals surface area contributed by atoms with Crippen molar-refractivity contribution in [3.05, 3.63) is 11.6 Å². The van der Waals surface area contributed by atoms with Crippen LogP contribution in [-0.4, -0.2) is 59.3 Å². The highest BCUT2D eigenvalue weighted by Crippen LogP contribution is 2.67. The third-order valence-corrected chi connectivity index (χ3v) is 11.4. The van der Waals surface area contributed by atoms with Gasteiger partial charge in [0.1, 0.15) is 11.6 Å². The lowest BCUT2D eigenvalue weighted by Gasteiger charge is -2.58. The van der Waals surface area contributed by atoms with Gasteiger partial charge in [-0.1, -0.05) is 19.4 Å². The van der Waals surface area contributed by atoms with Gasteiger partial charge in [-0.15, -0.1) is 0 Å². The van der Waals surface area contributed by atoms with E-state index in [0.717, 1.165) is 51.4 Å². The van der Waals surface area contributed by atoms with Gasteiger partial charge in [-0.3, -0.25) is 24.0 Å². The number of fused-ring (bicyclic) bond motifs is 5. The van der Waals surface area contributed by atoms with Crippen molar-refractivity contribution in [3.63, 3.8) is 0 Å². The van der Waals surface area contributed by atoms with E-state index in [1.165, 1.54) is 5.57 Å². The molecule has 0 aromatic carbocycles. The van der Waals surface area contributed by atoms with Crippen molar-refractivity contribution in [2.45, 2.75) is 109 Å². The number of rotatable bonds is 7. The maximum Gasteiger partial charge on any atom is 0.306 e. The van der Waals surface area contributed by atoms with Crippen LogP contribution in [0.25, 0.3) is 0 Å². The predicted octanol–water partition coefficient (Wildman–Crippen LogP) is 2.93. The molecule has 0 unspecified atom stereocenters. The fourth-order valence-corrected chi connectivity index (χ4v) is 8.93. The quantitative estimate of drug-likeness (QED) is 0.410. The standard InChI is InChI=1S/C31H44N2O7/c1-29-13-10-20(34)17-19(29)6-7-21-22(29)11-14-30(2)23(21)12-15-31(30,39)25(35)18-40-27(37)9-8-26(36)33-24-5-3-4-16-32-28(24)38/h17,21-24,39H,3-16,18H2,1-2H3,(H,32,38)(H,33,36)/t21-,22-,23+,24+,29+,30+,31+/m1/s1. The Balaban J connectivity index is 1.15. The Bertz CT molecular complexity index is 1120. The zero-order valence-corrected chi connectivity index (χ0v) is 23.9. The SMILES string of the molecule is C[C@]12CCC(=O)C=C1CC[C@@H]1[C@H]2CC[C@@]2(C)[C@H]1CC[C@]2(O)C(=O)COC(=O)CCC(=O)N[C@H]1CCCCNC1=O. The highest BCUT2D eigenvalue weighted by atomic mass is 16.5. The maximum atomic E-state index is 13.4. The summed E-state index contributed by atoms with van der Waals surface area (Å²) >= 11 is 0. The molecule has 4 fully saturated rings. The molecule has 1 aliphatic heterocycles. The third kappa shape index (κ3) is 5.03. The maximum absolute atomic E-state index is 13.4. The third-order valence-electron chi connectivity index (χ3n) is 11.4. The van der Waals surface area contributed by atoms with Crippen molar-refractivity contribution in [2.75, 3.05) is 13.2 Å². The molecule has 9 heteroatoms. The fraction of sp³-hybridized carbons (Fsp3) is 0.774. The number of carbonyl (C=O) groups excluding carboxylic acids is 5. The average Bonchev–Trinajstić information content (AvgIpc) is 3.05. The number of aliphatic hydroxyl groups is 1. The lowest BCUT2D eigenvalue weighted by molar-refractivity contribution is -0.170. The molecule has 7 atom stereocenters. The van der Waals surface area contributed by atoms with Crippen LogP contribution >= 0.6 is 0 Å². The van der Waals surface area contributed by atoms with Crippen LogP contribution in [0.5, 0.6) is 0 Å². The first-order valence-corrected chi connectivity index (χ1v) is 15.2. The van der Waals surface area contributed by atoms with Gasteiger partial charge in [0.15, 0.2) is 12.4 Å². The Kier molecular flexibility index (Phi) is 7.98. The van der Waals surface area contributed by atoms with Gasteiger partial charge in [0.2, 0.25) is 17.6 Å². The number of hydrogen-bond donors (Lipinski definition) is 3. The smallest absolute Gasteiger partial charge is 0.306 e. The molecule has 40 heavy (non-hydrogen) atoms. The van der Waals surface area contributed by atoms with E-state index in [1.54, 1.807) is 0 Å². The number of allylic oxidation sites excluding steroid dienone is 1. The summed E-state index contributed by atoms with van der Waals surface area (Å²) in [4.78, 5) is 62.2. The van der Waals surface area contributed by atoms with E-state index in [0.29, 0.717) is 37.6 Å². The summed E-state index contributed by atoms with van der Waals surface area (Å²) in [5, 5.41) is 17.2. The molecule has 3 N–H and O–H groups in total. The van der Waals surface area contributed by atoms with E-state index in [4.69, 9.17) is 4.74 Å². The van der Waals surface area contributed by atoms with E-state index in [1.807, 2.05) is 13.0 Å². The number of ether oxygens (including phenoxy) is 1. The molecule has 1 heterocycles. The lowest BCUT2D eigenvalue weighted by Crippen LogP contribution is -2.58. The van der Waals surface area contributed by atoms with Gasteiger partial charge in [0, 0.05) is 24.8 Å². The summed E-state index contributed by atoms with van der Waals surface area (Å²) in [5.41, 5.74) is -0.827. The minimum atomic E-state index is -1.55. The largest absolute Gasteiger partial charge is 0.458 e. The van der Waals surface area contributed by atoms with E-state index >= 15 is 0 Å². The van der Waals surface area contributed by atoms with Crippen molar-refractivity contribution in [3.8, 4) is 0 Å². The van der Waals surface area contributed by atoms with Gasteiger partial charge in [0.05, 0.1) is 6.42 Å².